The Hall–Kier alpha value is -1.80. The van der Waals surface area contributed by atoms with Crippen LogP contribution in [0, 0.1) is 0 Å². The van der Waals surface area contributed by atoms with Crippen molar-refractivity contribution in [2.45, 2.75) is 24.4 Å². The molecule has 0 bridgehead atoms. The Balaban J connectivity index is 1.65. The molecule has 5 nitrogen and oxygen atoms in total. The summed E-state index contributed by atoms with van der Waals surface area (Å²) in [7, 11) is 1.62. The van der Waals surface area contributed by atoms with E-state index in [1.807, 2.05) is 0 Å². The Labute approximate surface area is 136 Å². The number of rotatable bonds is 1. The molecule has 2 unspecified atom stereocenters. The molecule has 3 aliphatic heterocycles. The van der Waals surface area contributed by atoms with Gasteiger partial charge in [-0.1, -0.05) is 0 Å². The molecule has 0 radical (unpaired) electrons. The Kier molecular flexibility index (Phi) is 3.50. The van der Waals surface area contributed by atoms with E-state index in [-0.39, 0.29) is 23.5 Å². The molecule has 0 N–H and O–H groups in total. The third kappa shape index (κ3) is 2.44. The lowest BCUT2D eigenvalue weighted by Crippen LogP contribution is -2.49. The maximum absolute atomic E-state index is 12.9. The third-order valence-electron chi connectivity index (χ3n) is 5.04. The van der Waals surface area contributed by atoms with Gasteiger partial charge >= 0.3 is 6.18 Å². The van der Waals surface area contributed by atoms with Crippen molar-refractivity contribution in [3.05, 3.63) is 29.3 Å². The molecule has 2 fully saturated rings. The lowest BCUT2D eigenvalue weighted by Gasteiger charge is -2.34. The third-order valence-corrected chi connectivity index (χ3v) is 5.04. The topological polar surface area (TPSA) is 42.0 Å². The molecule has 0 aliphatic carbocycles. The van der Waals surface area contributed by atoms with E-state index in [9.17, 15) is 18.0 Å². The molecule has 8 heteroatoms. The molecular formula is C16H17F3N2O3. The fourth-order valence-electron chi connectivity index (χ4n) is 3.48. The number of carbonyl (C=O) groups is 1. The predicted octanol–water partition coefficient (Wildman–Crippen LogP) is 1.62. The number of fused-ring (bicyclic) bond motifs is 2. The number of halogens is 3. The minimum atomic E-state index is -4.49. The summed E-state index contributed by atoms with van der Waals surface area (Å²) in [6, 6.07) is 3.24. The quantitative estimate of drug-likeness (QED) is 0.778. The zero-order valence-corrected chi connectivity index (χ0v) is 13.0. The number of hydrogen-bond acceptors (Lipinski definition) is 4. The first-order valence-corrected chi connectivity index (χ1v) is 7.81. The molecule has 3 heterocycles. The molecule has 1 amide bonds. The summed E-state index contributed by atoms with van der Waals surface area (Å²) in [5.41, 5.74) is -0.868. The monoisotopic (exact) mass is 342 g/mol. The summed E-state index contributed by atoms with van der Waals surface area (Å²) < 4.78 is 49.9. The summed E-state index contributed by atoms with van der Waals surface area (Å²) in [6.45, 7) is 2.61. The summed E-state index contributed by atoms with van der Waals surface area (Å²) in [5.74, 6) is -0.214. The smallest absolute Gasteiger partial charge is 0.416 e. The SMILES string of the molecule is CN1C(=O)c2cc(C(F)(F)F)ccc2OC2CN(C3COC3)CC21. The van der Waals surface area contributed by atoms with E-state index >= 15 is 0 Å². The van der Waals surface area contributed by atoms with Crippen molar-refractivity contribution in [1.29, 1.82) is 0 Å². The van der Waals surface area contributed by atoms with Gasteiger partial charge in [0.05, 0.1) is 36.4 Å². The van der Waals surface area contributed by atoms with Crippen molar-refractivity contribution in [3.63, 3.8) is 0 Å². The van der Waals surface area contributed by atoms with Crippen molar-refractivity contribution in [2.24, 2.45) is 0 Å². The predicted molar refractivity (Wildman–Crippen MR) is 77.9 cm³/mol. The lowest BCUT2D eigenvalue weighted by atomic mass is 10.1. The molecule has 2 atom stereocenters. The summed E-state index contributed by atoms with van der Waals surface area (Å²) in [5, 5.41) is 0. The first kappa shape index (κ1) is 15.7. The highest BCUT2D eigenvalue weighted by Crippen LogP contribution is 2.36. The summed E-state index contributed by atoms with van der Waals surface area (Å²) in [6.07, 6.45) is -4.74. The number of likely N-dealkylation sites (tertiary alicyclic amines) is 1. The minimum absolute atomic E-state index is 0.0275. The molecule has 3 aliphatic rings. The van der Waals surface area contributed by atoms with Crippen LogP contribution in [-0.2, 0) is 10.9 Å². The van der Waals surface area contributed by atoms with Crippen LogP contribution in [0.5, 0.6) is 5.75 Å². The molecule has 0 saturated carbocycles. The van der Waals surface area contributed by atoms with Gasteiger partial charge in [-0.2, -0.15) is 13.2 Å². The van der Waals surface area contributed by atoms with Crippen molar-refractivity contribution < 1.29 is 27.4 Å². The van der Waals surface area contributed by atoms with Crippen molar-refractivity contribution in [3.8, 4) is 5.75 Å². The highest BCUT2D eigenvalue weighted by atomic mass is 19.4. The van der Waals surface area contributed by atoms with Crippen LogP contribution in [-0.4, -0.2) is 67.2 Å². The average molecular weight is 342 g/mol. The van der Waals surface area contributed by atoms with E-state index < -0.39 is 17.6 Å². The van der Waals surface area contributed by atoms with Crippen LogP contribution in [0.3, 0.4) is 0 Å². The van der Waals surface area contributed by atoms with Gasteiger partial charge in [0.2, 0.25) is 0 Å². The van der Waals surface area contributed by atoms with Crippen LogP contribution in [0.1, 0.15) is 15.9 Å². The Morgan fingerprint density at radius 3 is 2.58 bits per heavy atom. The van der Waals surface area contributed by atoms with Gasteiger partial charge in [0.15, 0.2) is 0 Å². The summed E-state index contributed by atoms with van der Waals surface area (Å²) >= 11 is 0. The molecule has 0 aromatic heterocycles. The van der Waals surface area contributed by atoms with Gasteiger partial charge in [-0.25, -0.2) is 0 Å². The van der Waals surface area contributed by atoms with Gasteiger partial charge in [-0.3, -0.25) is 9.69 Å². The van der Waals surface area contributed by atoms with E-state index in [0.717, 1.165) is 12.1 Å². The zero-order valence-electron chi connectivity index (χ0n) is 13.0. The maximum atomic E-state index is 12.9. The van der Waals surface area contributed by atoms with E-state index in [2.05, 4.69) is 4.90 Å². The van der Waals surface area contributed by atoms with Gasteiger partial charge in [0.25, 0.3) is 5.91 Å². The van der Waals surface area contributed by atoms with Gasteiger partial charge in [-0.05, 0) is 18.2 Å². The van der Waals surface area contributed by atoms with Crippen molar-refractivity contribution in [1.82, 2.24) is 9.80 Å². The van der Waals surface area contributed by atoms with E-state index in [0.29, 0.717) is 32.3 Å². The number of alkyl halides is 3. The second kappa shape index (κ2) is 5.35. The van der Waals surface area contributed by atoms with Crippen LogP contribution in [0.2, 0.25) is 0 Å². The number of ether oxygens (including phenoxy) is 2. The fourth-order valence-corrected chi connectivity index (χ4v) is 3.48. The first-order valence-electron chi connectivity index (χ1n) is 7.81. The Bertz CT molecular complexity index is 675. The van der Waals surface area contributed by atoms with Gasteiger partial charge in [0.1, 0.15) is 11.9 Å². The maximum Gasteiger partial charge on any atom is 0.416 e. The van der Waals surface area contributed by atoms with Crippen LogP contribution in [0.4, 0.5) is 13.2 Å². The average Bonchev–Trinajstić information content (AvgIpc) is 2.82. The molecule has 1 aromatic rings. The standard InChI is InChI=1S/C16H17F3N2O3/c1-20-12-5-21(10-7-23-8-10)6-14(12)24-13-3-2-9(16(17,18)19)4-11(13)15(20)22/h2-4,10,12,14H,5-8H2,1H3. The zero-order chi connectivity index (χ0) is 17.1. The molecule has 0 spiro atoms. The number of benzene rings is 1. The van der Waals surface area contributed by atoms with Crippen LogP contribution in [0.15, 0.2) is 18.2 Å². The highest BCUT2D eigenvalue weighted by molar-refractivity contribution is 5.97. The normalized spacial score (nSPS) is 28.0. The molecule has 24 heavy (non-hydrogen) atoms. The molecule has 4 rings (SSSR count). The molecule has 130 valence electrons. The van der Waals surface area contributed by atoms with Gasteiger partial charge in [-0.15, -0.1) is 0 Å². The molecular weight excluding hydrogens is 325 g/mol. The highest BCUT2D eigenvalue weighted by Gasteiger charge is 2.45. The minimum Gasteiger partial charge on any atom is -0.486 e. The van der Waals surface area contributed by atoms with Crippen LogP contribution in [0.25, 0.3) is 0 Å². The Morgan fingerprint density at radius 2 is 1.96 bits per heavy atom. The van der Waals surface area contributed by atoms with E-state index in [4.69, 9.17) is 9.47 Å². The number of amides is 1. The van der Waals surface area contributed by atoms with Gasteiger partial charge in [0, 0.05) is 20.1 Å². The van der Waals surface area contributed by atoms with E-state index in [1.165, 1.54) is 11.0 Å². The van der Waals surface area contributed by atoms with Crippen molar-refractivity contribution in [2.75, 3.05) is 33.4 Å². The summed E-state index contributed by atoms with van der Waals surface area (Å²) in [4.78, 5) is 16.4. The number of hydrogen-bond donors (Lipinski definition) is 0. The second-order valence-electron chi connectivity index (χ2n) is 6.49. The fraction of sp³-hybridized carbons (Fsp3) is 0.562. The largest absolute Gasteiger partial charge is 0.486 e. The van der Waals surface area contributed by atoms with E-state index in [1.54, 1.807) is 7.05 Å². The van der Waals surface area contributed by atoms with Crippen LogP contribution >= 0.6 is 0 Å². The number of nitrogens with zero attached hydrogens (tertiary/aromatic N) is 2. The number of carbonyl (C=O) groups excluding carboxylic acids is 1. The van der Waals surface area contributed by atoms with Gasteiger partial charge < -0.3 is 14.4 Å². The second-order valence-corrected chi connectivity index (χ2v) is 6.49. The van der Waals surface area contributed by atoms with Crippen LogP contribution < -0.4 is 4.74 Å². The Morgan fingerprint density at radius 1 is 1.21 bits per heavy atom. The molecule has 1 aromatic carbocycles. The molecule has 2 saturated heterocycles. The first-order chi connectivity index (χ1) is 11.3. The lowest BCUT2D eigenvalue weighted by molar-refractivity contribution is -0.137. The van der Waals surface area contributed by atoms with Crippen molar-refractivity contribution >= 4 is 5.91 Å². The number of likely N-dealkylation sites (N-methyl/N-ethyl adjacent to an activating group) is 1.